The van der Waals surface area contributed by atoms with Gasteiger partial charge in [-0.2, -0.15) is 0 Å². The number of amides is 1. The van der Waals surface area contributed by atoms with E-state index in [0.717, 1.165) is 0 Å². The first-order valence-corrected chi connectivity index (χ1v) is 8.09. The Bertz CT molecular complexity index is 1030. The molecular formula is C19H17N3O4. The van der Waals surface area contributed by atoms with Gasteiger partial charge in [-0.05, 0) is 37.3 Å². The number of esters is 1. The van der Waals surface area contributed by atoms with Gasteiger partial charge >= 0.3 is 5.97 Å². The standard InChI is InChI=1S/C19H17N3O4/c1-2-26-19(25)13-6-5-7-14(10-13)21-17(23)11-22-12-20-16-9-4-3-8-15(16)18(22)24/h3-10,12H,2,11H2,1H3,(H,21,23). The highest BCUT2D eigenvalue weighted by atomic mass is 16.5. The maximum atomic E-state index is 12.4. The molecule has 3 rings (SSSR count). The Morgan fingerprint density at radius 1 is 1.15 bits per heavy atom. The van der Waals surface area contributed by atoms with Gasteiger partial charge in [-0.15, -0.1) is 0 Å². The zero-order chi connectivity index (χ0) is 18.5. The van der Waals surface area contributed by atoms with Crippen molar-refractivity contribution in [2.45, 2.75) is 13.5 Å². The Hall–Kier alpha value is -3.48. The van der Waals surface area contributed by atoms with E-state index < -0.39 is 11.9 Å². The van der Waals surface area contributed by atoms with Gasteiger partial charge in [0.05, 0.1) is 29.4 Å². The van der Waals surface area contributed by atoms with E-state index in [2.05, 4.69) is 10.3 Å². The average Bonchev–Trinajstić information content (AvgIpc) is 2.64. The number of fused-ring (bicyclic) bond motifs is 1. The smallest absolute Gasteiger partial charge is 0.338 e. The lowest BCUT2D eigenvalue weighted by molar-refractivity contribution is -0.116. The molecule has 0 unspecified atom stereocenters. The second-order valence-corrected chi connectivity index (χ2v) is 5.54. The van der Waals surface area contributed by atoms with Gasteiger partial charge in [0.25, 0.3) is 5.56 Å². The Balaban J connectivity index is 1.75. The third kappa shape index (κ3) is 3.77. The van der Waals surface area contributed by atoms with Crippen LogP contribution in [-0.4, -0.2) is 28.0 Å². The van der Waals surface area contributed by atoms with E-state index in [4.69, 9.17) is 4.74 Å². The van der Waals surface area contributed by atoms with Crippen LogP contribution in [0.15, 0.2) is 59.7 Å². The minimum atomic E-state index is -0.460. The molecule has 3 aromatic rings. The molecule has 0 saturated carbocycles. The zero-order valence-corrected chi connectivity index (χ0v) is 14.1. The van der Waals surface area contributed by atoms with Crippen LogP contribution in [0.25, 0.3) is 10.9 Å². The van der Waals surface area contributed by atoms with E-state index in [1.807, 2.05) is 0 Å². The second-order valence-electron chi connectivity index (χ2n) is 5.54. The Morgan fingerprint density at radius 3 is 2.77 bits per heavy atom. The molecule has 1 N–H and O–H groups in total. The van der Waals surface area contributed by atoms with Crippen LogP contribution in [0.5, 0.6) is 0 Å². The molecule has 0 bridgehead atoms. The van der Waals surface area contributed by atoms with Crippen LogP contribution in [0, 0.1) is 0 Å². The van der Waals surface area contributed by atoms with Crippen molar-refractivity contribution in [3.8, 4) is 0 Å². The summed E-state index contributed by atoms with van der Waals surface area (Å²) in [5.74, 6) is -0.858. The fourth-order valence-electron chi connectivity index (χ4n) is 2.51. The number of anilines is 1. The molecule has 26 heavy (non-hydrogen) atoms. The molecule has 0 aliphatic carbocycles. The van der Waals surface area contributed by atoms with Crippen molar-refractivity contribution >= 4 is 28.5 Å². The molecule has 7 nitrogen and oxygen atoms in total. The van der Waals surface area contributed by atoms with E-state index >= 15 is 0 Å². The zero-order valence-electron chi connectivity index (χ0n) is 14.1. The van der Waals surface area contributed by atoms with Crippen LogP contribution >= 0.6 is 0 Å². The monoisotopic (exact) mass is 351 g/mol. The highest BCUT2D eigenvalue weighted by Crippen LogP contribution is 2.12. The largest absolute Gasteiger partial charge is 0.462 e. The first-order valence-electron chi connectivity index (χ1n) is 8.09. The first kappa shape index (κ1) is 17.3. The lowest BCUT2D eigenvalue weighted by Gasteiger charge is -2.09. The lowest BCUT2D eigenvalue weighted by atomic mass is 10.2. The van der Waals surface area contributed by atoms with Gasteiger partial charge in [-0.25, -0.2) is 9.78 Å². The van der Waals surface area contributed by atoms with E-state index in [1.165, 1.54) is 17.0 Å². The van der Waals surface area contributed by atoms with Gasteiger partial charge in [-0.3, -0.25) is 14.2 Å². The van der Waals surface area contributed by atoms with Crippen LogP contribution in [-0.2, 0) is 16.1 Å². The highest BCUT2D eigenvalue weighted by Gasteiger charge is 2.10. The number of benzene rings is 2. The number of nitrogens with one attached hydrogen (secondary N) is 1. The van der Waals surface area contributed by atoms with Crippen molar-refractivity contribution in [3.63, 3.8) is 0 Å². The number of nitrogens with zero attached hydrogens (tertiary/aromatic N) is 2. The number of ether oxygens (including phenoxy) is 1. The van der Waals surface area contributed by atoms with E-state index in [0.29, 0.717) is 22.2 Å². The van der Waals surface area contributed by atoms with Crippen molar-refractivity contribution in [2.75, 3.05) is 11.9 Å². The average molecular weight is 351 g/mol. The van der Waals surface area contributed by atoms with Gasteiger partial charge in [0.2, 0.25) is 5.91 Å². The number of carbonyl (C=O) groups is 2. The summed E-state index contributed by atoms with van der Waals surface area (Å²) in [6, 6.07) is 13.4. The van der Waals surface area contributed by atoms with Crippen LogP contribution in [0.4, 0.5) is 5.69 Å². The number of carbonyl (C=O) groups excluding carboxylic acids is 2. The summed E-state index contributed by atoms with van der Waals surface area (Å²) in [5, 5.41) is 3.12. The highest BCUT2D eigenvalue weighted by molar-refractivity contribution is 5.94. The molecule has 0 fully saturated rings. The van der Waals surface area contributed by atoms with E-state index in [9.17, 15) is 14.4 Å². The number of hydrogen-bond donors (Lipinski definition) is 1. The summed E-state index contributed by atoms with van der Waals surface area (Å²) in [7, 11) is 0. The second kappa shape index (κ2) is 7.60. The van der Waals surface area contributed by atoms with Crippen molar-refractivity contribution in [3.05, 3.63) is 70.8 Å². The lowest BCUT2D eigenvalue weighted by Crippen LogP contribution is -2.27. The topological polar surface area (TPSA) is 90.3 Å². The number of para-hydroxylation sites is 1. The van der Waals surface area contributed by atoms with Crippen LogP contribution < -0.4 is 10.9 Å². The summed E-state index contributed by atoms with van der Waals surface area (Å²) in [5.41, 5.74) is 1.08. The summed E-state index contributed by atoms with van der Waals surface area (Å²) in [4.78, 5) is 40.6. The normalized spacial score (nSPS) is 10.5. The molecule has 1 amide bonds. The third-order valence-corrected chi connectivity index (χ3v) is 3.70. The molecule has 1 aromatic heterocycles. The van der Waals surface area contributed by atoms with Gasteiger partial charge in [0, 0.05) is 5.69 Å². The minimum absolute atomic E-state index is 0.180. The molecule has 0 radical (unpaired) electrons. The number of aromatic nitrogens is 2. The quantitative estimate of drug-likeness (QED) is 0.712. The molecule has 0 spiro atoms. The fourth-order valence-corrected chi connectivity index (χ4v) is 2.51. The van der Waals surface area contributed by atoms with Gasteiger partial charge < -0.3 is 10.1 Å². The van der Waals surface area contributed by atoms with E-state index in [-0.39, 0.29) is 18.7 Å². The van der Waals surface area contributed by atoms with Crippen LogP contribution in [0.3, 0.4) is 0 Å². The molecule has 132 valence electrons. The third-order valence-electron chi connectivity index (χ3n) is 3.70. The van der Waals surface area contributed by atoms with Crippen molar-refractivity contribution in [1.29, 1.82) is 0 Å². The molecular weight excluding hydrogens is 334 g/mol. The predicted octanol–water partition coefficient (Wildman–Crippen LogP) is 2.21. The van der Waals surface area contributed by atoms with Crippen molar-refractivity contribution in [1.82, 2.24) is 9.55 Å². The fraction of sp³-hybridized carbons (Fsp3) is 0.158. The Morgan fingerprint density at radius 2 is 1.96 bits per heavy atom. The van der Waals surface area contributed by atoms with Crippen LogP contribution in [0.2, 0.25) is 0 Å². The molecule has 0 aliphatic heterocycles. The van der Waals surface area contributed by atoms with Crippen molar-refractivity contribution < 1.29 is 14.3 Å². The summed E-state index contributed by atoms with van der Waals surface area (Å²) in [6.45, 7) is 1.81. The maximum absolute atomic E-state index is 12.4. The molecule has 0 atom stereocenters. The summed E-state index contributed by atoms with van der Waals surface area (Å²) >= 11 is 0. The van der Waals surface area contributed by atoms with Gasteiger partial charge in [0.1, 0.15) is 6.54 Å². The van der Waals surface area contributed by atoms with Gasteiger partial charge in [0.15, 0.2) is 0 Å². The molecule has 0 saturated heterocycles. The summed E-state index contributed by atoms with van der Waals surface area (Å²) < 4.78 is 6.18. The Kier molecular flexibility index (Phi) is 5.07. The van der Waals surface area contributed by atoms with Gasteiger partial charge in [-0.1, -0.05) is 18.2 Å². The predicted molar refractivity (Wildman–Crippen MR) is 97.0 cm³/mol. The van der Waals surface area contributed by atoms with Crippen molar-refractivity contribution in [2.24, 2.45) is 0 Å². The summed E-state index contributed by atoms with van der Waals surface area (Å²) in [6.07, 6.45) is 1.35. The molecule has 0 aliphatic rings. The number of hydrogen-bond acceptors (Lipinski definition) is 5. The Labute approximate surface area is 149 Å². The number of rotatable bonds is 5. The molecule has 2 aromatic carbocycles. The van der Waals surface area contributed by atoms with E-state index in [1.54, 1.807) is 49.4 Å². The SMILES string of the molecule is CCOC(=O)c1cccc(NC(=O)Cn2cnc3ccccc3c2=O)c1. The minimum Gasteiger partial charge on any atom is -0.462 e. The molecule has 7 heteroatoms. The first-order chi connectivity index (χ1) is 12.6. The maximum Gasteiger partial charge on any atom is 0.338 e. The van der Waals surface area contributed by atoms with Crippen LogP contribution in [0.1, 0.15) is 17.3 Å². The molecule has 1 heterocycles.